The normalized spacial score (nSPS) is 13.7. The summed E-state index contributed by atoms with van der Waals surface area (Å²) in [6.07, 6.45) is -0.631. The van der Waals surface area contributed by atoms with Crippen LogP contribution in [-0.4, -0.2) is 22.7 Å². The summed E-state index contributed by atoms with van der Waals surface area (Å²) in [5.74, 6) is -0.111. The first-order chi connectivity index (χ1) is 9.24. The summed E-state index contributed by atoms with van der Waals surface area (Å²) in [6.45, 7) is 5.28. The first-order valence-electron chi connectivity index (χ1n) is 5.96. The zero-order chi connectivity index (χ0) is 15.3. The van der Waals surface area contributed by atoms with Gasteiger partial charge in [-0.3, -0.25) is 0 Å². The highest BCUT2D eigenvalue weighted by atomic mass is 127. The minimum Gasteiger partial charge on any atom is -0.444 e. The molecule has 6 nitrogen and oxygen atoms in total. The molecule has 4 N–H and O–H groups in total. The lowest BCUT2D eigenvalue weighted by Gasteiger charge is -2.23. The first-order valence-corrected chi connectivity index (χ1v) is 7.04. The van der Waals surface area contributed by atoms with Crippen molar-refractivity contribution < 1.29 is 14.7 Å². The van der Waals surface area contributed by atoms with Gasteiger partial charge < -0.3 is 21.0 Å². The van der Waals surface area contributed by atoms with Crippen LogP contribution in [-0.2, 0) is 4.74 Å². The smallest absolute Gasteiger partial charge is 0.408 e. The molecule has 1 unspecified atom stereocenters. The quantitative estimate of drug-likeness (QED) is 0.243. The lowest BCUT2D eigenvalue weighted by molar-refractivity contribution is 0.0516. The summed E-state index contributed by atoms with van der Waals surface area (Å²) in [5, 5.41) is 14.4. The maximum Gasteiger partial charge on any atom is 0.408 e. The van der Waals surface area contributed by atoms with Gasteiger partial charge in [0.05, 0.1) is 0 Å². The Morgan fingerprint density at radius 3 is 2.55 bits per heavy atom. The van der Waals surface area contributed by atoms with Gasteiger partial charge in [-0.05, 0) is 55.0 Å². The van der Waals surface area contributed by atoms with Crippen LogP contribution < -0.4 is 11.1 Å². The van der Waals surface area contributed by atoms with Crippen molar-refractivity contribution in [1.29, 1.82) is 0 Å². The predicted octanol–water partition coefficient (Wildman–Crippen LogP) is 2.60. The van der Waals surface area contributed by atoms with Gasteiger partial charge in [0.1, 0.15) is 11.6 Å². The van der Waals surface area contributed by atoms with Crippen LogP contribution >= 0.6 is 22.6 Å². The number of alkyl carbamates (subject to hydrolysis) is 1. The molecule has 0 radical (unpaired) electrons. The second kappa shape index (κ2) is 6.78. The fraction of sp³-hybridized carbons (Fsp3) is 0.385. The third-order valence-corrected chi connectivity index (χ3v) is 3.27. The molecule has 0 spiro atoms. The highest BCUT2D eigenvalue weighted by Crippen LogP contribution is 2.20. The van der Waals surface area contributed by atoms with Gasteiger partial charge in [0.2, 0.25) is 0 Å². The minimum absolute atomic E-state index is 0.111. The molecule has 0 bridgehead atoms. The van der Waals surface area contributed by atoms with E-state index in [2.05, 4.69) is 33.1 Å². The zero-order valence-electron chi connectivity index (χ0n) is 11.6. The minimum atomic E-state index is -0.747. The highest BCUT2D eigenvalue weighted by Gasteiger charge is 2.24. The lowest BCUT2D eigenvalue weighted by atomic mass is 10.1. The van der Waals surface area contributed by atoms with E-state index in [1.54, 1.807) is 26.8 Å². The fourth-order valence-electron chi connectivity index (χ4n) is 1.50. The van der Waals surface area contributed by atoms with E-state index in [0.717, 1.165) is 9.13 Å². The number of benzene rings is 1. The fourth-order valence-corrected chi connectivity index (χ4v) is 2.20. The summed E-state index contributed by atoms with van der Waals surface area (Å²) >= 11 is 2.12. The third-order valence-electron chi connectivity index (χ3n) is 2.29. The largest absolute Gasteiger partial charge is 0.444 e. The monoisotopic (exact) mass is 391 g/mol. The van der Waals surface area contributed by atoms with E-state index >= 15 is 0 Å². The Morgan fingerprint density at radius 2 is 2.05 bits per heavy atom. The molecule has 110 valence electrons. The Labute approximate surface area is 131 Å². The van der Waals surface area contributed by atoms with Crippen LogP contribution in [0.15, 0.2) is 29.4 Å². The van der Waals surface area contributed by atoms with E-state index in [4.69, 9.17) is 15.7 Å². The van der Waals surface area contributed by atoms with Crippen molar-refractivity contribution >= 4 is 34.5 Å². The molecule has 0 aliphatic rings. The van der Waals surface area contributed by atoms with Crippen LogP contribution in [0.4, 0.5) is 4.79 Å². The van der Waals surface area contributed by atoms with Gasteiger partial charge in [0.15, 0.2) is 5.84 Å². The van der Waals surface area contributed by atoms with Gasteiger partial charge in [0.25, 0.3) is 0 Å². The van der Waals surface area contributed by atoms with Crippen LogP contribution in [0, 0.1) is 3.57 Å². The Kier molecular flexibility index (Phi) is 5.61. The number of nitrogens with one attached hydrogen (secondary N) is 1. The molecule has 0 aliphatic heterocycles. The maximum atomic E-state index is 11.8. The van der Waals surface area contributed by atoms with Gasteiger partial charge in [0, 0.05) is 3.57 Å². The Morgan fingerprint density at radius 1 is 1.45 bits per heavy atom. The van der Waals surface area contributed by atoms with E-state index < -0.39 is 17.7 Å². The van der Waals surface area contributed by atoms with Crippen LogP contribution in [0.1, 0.15) is 32.4 Å². The molecular formula is C13H18IN3O3. The van der Waals surface area contributed by atoms with Crippen LogP contribution in [0.3, 0.4) is 0 Å². The van der Waals surface area contributed by atoms with Crippen molar-refractivity contribution in [1.82, 2.24) is 5.32 Å². The van der Waals surface area contributed by atoms with Crippen molar-refractivity contribution in [3.8, 4) is 0 Å². The zero-order valence-corrected chi connectivity index (χ0v) is 13.7. The van der Waals surface area contributed by atoms with E-state index in [9.17, 15) is 4.79 Å². The van der Waals surface area contributed by atoms with Gasteiger partial charge in [-0.1, -0.05) is 23.4 Å². The van der Waals surface area contributed by atoms with Gasteiger partial charge in [-0.15, -0.1) is 0 Å². The molecular weight excluding hydrogens is 373 g/mol. The molecule has 0 heterocycles. The van der Waals surface area contributed by atoms with E-state index in [1.165, 1.54) is 0 Å². The summed E-state index contributed by atoms with van der Waals surface area (Å²) < 4.78 is 6.07. The van der Waals surface area contributed by atoms with Crippen LogP contribution in [0.2, 0.25) is 0 Å². The number of halogens is 1. The maximum absolute atomic E-state index is 11.8. The number of carbonyl (C=O) groups is 1. The van der Waals surface area contributed by atoms with Crippen molar-refractivity contribution in [3.63, 3.8) is 0 Å². The van der Waals surface area contributed by atoms with Crippen molar-refractivity contribution in [2.75, 3.05) is 0 Å². The van der Waals surface area contributed by atoms with Crippen molar-refractivity contribution in [3.05, 3.63) is 33.4 Å². The molecule has 0 aliphatic carbocycles. The SMILES string of the molecule is CC(C)(C)OC(=O)NC(/C(N)=N/O)c1ccccc1I. The average molecular weight is 391 g/mol. The Hall–Kier alpha value is -1.51. The predicted molar refractivity (Wildman–Crippen MR) is 84.7 cm³/mol. The molecule has 0 fully saturated rings. The van der Waals surface area contributed by atoms with Gasteiger partial charge in [-0.25, -0.2) is 4.79 Å². The van der Waals surface area contributed by atoms with Crippen molar-refractivity contribution in [2.45, 2.75) is 32.4 Å². The number of nitrogens with zero attached hydrogens (tertiary/aromatic N) is 1. The second-order valence-corrected chi connectivity index (χ2v) is 6.29. The molecule has 7 heteroatoms. The molecule has 0 saturated carbocycles. The molecule has 1 amide bonds. The molecule has 1 aromatic carbocycles. The van der Waals surface area contributed by atoms with E-state index in [-0.39, 0.29) is 5.84 Å². The summed E-state index contributed by atoms with van der Waals surface area (Å²) in [6, 6.07) is 6.59. The number of ether oxygens (including phenoxy) is 1. The Balaban J connectivity index is 2.98. The number of nitrogens with two attached hydrogens (primary N) is 1. The number of oxime groups is 1. The number of rotatable bonds is 3. The van der Waals surface area contributed by atoms with Crippen molar-refractivity contribution in [2.24, 2.45) is 10.9 Å². The van der Waals surface area contributed by atoms with E-state index in [0.29, 0.717) is 0 Å². The topological polar surface area (TPSA) is 96.9 Å². The highest BCUT2D eigenvalue weighted by molar-refractivity contribution is 14.1. The molecule has 0 aromatic heterocycles. The molecule has 1 atom stereocenters. The number of amidine groups is 1. The number of carbonyl (C=O) groups excluding carboxylic acids is 1. The number of hydrogen-bond acceptors (Lipinski definition) is 4. The first kappa shape index (κ1) is 16.5. The third kappa shape index (κ3) is 4.87. The van der Waals surface area contributed by atoms with Crippen LogP contribution in [0.25, 0.3) is 0 Å². The molecule has 20 heavy (non-hydrogen) atoms. The summed E-state index contributed by atoms with van der Waals surface area (Å²) in [5.41, 5.74) is 5.77. The number of amides is 1. The summed E-state index contributed by atoms with van der Waals surface area (Å²) in [4.78, 5) is 11.8. The van der Waals surface area contributed by atoms with Crippen LogP contribution in [0.5, 0.6) is 0 Å². The molecule has 1 rings (SSSR count). The van der Waals surface area contributed by atoms with E-state index in [1.807, 2.05) is 18.2 Å². The molecule has 0 saturated heterocycles. The number of hydrogen-bond donors (Lipinski definition) is 3. The molecule has 1 aromatic rings. The average Bonchev–Trinajstić information content (AvgIpc) is 2.34. The lowest BCUT2D eigenvalue weighted by Crippen LogP contribution is -2.41. The second-order valence-electron chi connectivity index (χ2n) is 5.13. The Bertz CT molecular complexity index is 512. The van der Waals surface area contributed by atoms with Gasteiger partial charge >= 0.3 is 6.09 Å². The standard InChI is InChI=1S/C13H18IN3O3/c1-13(2,3)20-12(18)16-10(11(15)17-19)8-6-4-5-7-9(8)14/h4-7,10,19H,1-3H3,(H2,15,17)(H,16,18). The summed E-state index contributed by atoms with van der Waals surface area (Å²) in [7, 11) is 0. The van der Waals surface area contributed by atoms with Gasteiger partial charge in [-0.2, -0.15) is 0 Å².